The van der Waals surface area contributed by atoms with Crippen molar-refractivity contribution in [3.63, 3.8) is 0 Å². The Morgan fingerprint density at radius 3 is 3.21 bits per heavy atom. The van der Waals surface area contributed by atoms with E-state index in [4.69, 9.17) is 4.74 Å². The number of nitrogens with one attached hydrogen (secondary N) is 2. The average Bonchev–Trinajstić information content (AvgIpc) is 2.71. The maximum Gasteiger partial charge on any atom is 0.127 e. The first kappa shape index (κ1) is 9.27. The molecule has 1 fully saturated rings. The molecule has 1 aromatic heterocycles. The van der Waals surface area contributed by atoms with Gasteiger partial charge < -0.3 is 15.4 Å². The standard InChI is InChI=1S/C10H15N3O/c1-11-10-6-8(2-4-12-10)13-9-3-5-14-7-9/h2,4,6,9H,3,5,7H2,1H3,(H2,11,12,13). The zero-order chi connectivity index (χ0) is 9.80. The number of aromatic nitrogens is 1. The Balaban J connectivity index is 2.00. The maximum absolute atomic E-state index is 5.29. The predicted octanol–water partition coefficient (Wildman–Crippen LogP) is 1.32. The van der Waals surface area contributed by atoms with Crippen molar-refractivity contribution < 1.29 is 4.74 Å². The third-order valence-electron chi connectivity index (χ3n) is 2.32. The molecule has 14 heavy (non-hydrogen) atoms. The number of rotatable bonds is 3. The molecule has 4 nitrogen and oxygen atoms in total. The van der Waals surface area contributed by atoms with E-state index in [0.717, 1.165) is 31.1 Å². The Hall–Kier alpha value is -1.29. The molecule has 0 bridgehead atoms. The highest BCUT2D eigenvalue weighted by Gasteiger charge is 2.14. The van der Waals surface area contributed by atoms with Crippen molar-refractivity contribution in [1.82, 2.24) is 4.98 Å². The van der Waals surface area contributed by atoms with Crippen LogP contribution >= 0.6 is 0 Å². The van der Waals surface area contributed by atoms with Gasteiger partial charge in [0.25, 0.3) is 0 Å². The minimum atomic E-state index is 0.446. The molecule has 1 aliphatic rings. The van der Waals surface area contributed by atoms with Crippen molar-refractivity contribution >= 4 is 11.5 Å². The van der Waals surface area contributed by atoms with E-state index in [1.807, 2.05) is 19.2 Å². The fourth-order valence-electron chi connectivity index (χ4n) is 1.54. The summed E-state index contributed by atoms with van der Waals surface area (Å²) < 4.78 is 5.29. The van der Waals surface area contributed by atoms with Gasteiger partial charge in [-0.05, 0) is 12.5 Å². The molecular weight excluding hydrogens is 178 g/mol. The van der Waals surface area contributed by atoms with Crippen LogP contribution in [0.2, 0.25) is 0 Å². The molecule has 0 aromatic carbocycles. The van der Waals surface area contributed by atoms with Crippen LogP contribution in [-0.4, -0.2) is 31.3 Å². The molecule has 2 heterocycles. The minimum Gasteiger partial charge on any atom is -0.380 e. The fourth-order valence-corrected chi connectivity index (χ4v) is 1.54. The van der Waals surface area contributed by atoms with Gasteiger partial charge in [0.1, 0.15) is 5.82 Å². The van der Waals surface area contributed by atoms with Gasteiger partial charge >= 0.3 is 0 Å². The highest BCUT2D eigenvalue weighted by Crippen LogP contribution is 2.15. The van der Waals surface area contributed by atoms with Crippen LogP contribution in [0.1, 0.15) is 6.42 Å². The van der Waals surface area contributed by atoms with E-state index in [-0.39, 0.29) is 0 Å². The first-order chi connectivity index (χ1) is 6.88. The fraction of sp³-hybridized carbons (Fsp3) is 0.500. The van der Waals surface area contributed by atoms with Gasteiger partial charge in [-0.2, -0.15) is 0 Å². The van der Waals surface area contributed by atoms with E-state index >= 15 is 0 Å². The van der Waals surface area contributed by atoms with Crippen molar-refractivity contribution in [2.75, 3.05) is 30.9 Å². The molecule has 1 unspecified atom stereocenters. The predicted molar refractivity (Wildman–Crippen MR) is 56.6 cm³/mol. The topological polar surface area (TPSA) is 46.2 Å². The second-order valence-corrected chi connectivity index (χ2v) is 3.38. The van der Waals surface area contributed by atoms with Gasteiger partial charge in [0, 0.05) is 31.6 Å². The zero-order valence-electron chi connectivity index (χ0n) is 8.29. The van der Waals surface area contributed by atoms with Crippen LogP contribution in [0.5, 0.6) is 0 Å². The number of nitrogens with zero attached hydrogens (tertiary/aromatic N) is 1. The van der Waals surface area contributed by atoms with Crippen LogP contribution in [0.4, 0.5) is 11.5 Å². The highest BCUT2D eigenvalue weighted by atomic mass is 16.5. The molecule has 0 spiro atoms. The van der Waals surface area contributed by atoms with Crippen LogP contribution in [0.25, 0.3) is 0 Å². The van der Waals surface area contributed by atoms with Gasteiger partial charge in [0.15, 0.2) is 0 Å². The van der Waals surface area contributed by atoms with Crippen molar-refractivity contribution in [2.45, 2.75) is 12.5 Å². The molecule has 76 valence electrons. The summed E-state index contributed by atoms with van der Waals surface area (Å²) >= 11 is 0. The van der Waals surface area contributed by atoms with Crippen LogP contribution in [0, 0.1) is 0 Å². The molecule has 0 aliphatic carbocycles. The van der Waals surface area contributed by atoms with E-state index < -0.39 is 0 Å². The Bertz CT molecular complexity index is 297. The van der Waals surface area contributed by atoms with Gasteiger partial charge in [-0.3, -0.25) is 0 Å². The maximum atomic E-state index is 5.29. The van der Waals surface area contributed by atoms with Crippen molar-refractivity contribution in [3.8, 4) is 0 Å². The molecule has 0 radical (unpaired) electrons. The van der Waals surface area contributed by atoms with Gasteiger partial charge in [-0.1, -0.05) is 0 Å². The number of hydrogen-bond donors (Lipinski definition) is 2. The van der Waals surface area contributed by atoms with Gasteiger partial charge in [0.2, 0.25) is 0 Å². The normalized spacial score (nSPS) is 20.8. The Morgan fingerprint density at radius 1 is 1.57 bits per heavy atom. The summed E-state index contributed by atoms with van der Waals surface area (Å²) in [5.41, 5.74) is 1.10. The monoisotopic (exact) mass is 193 g/mol. The van der Waals surface area contributed by atoms with Crippen LogP contribution < -0.4 is 10.6 Å². The molecule has 2 N–H and O–H groups in total. The SMILES string of the molecule is CNc1cc(NC2CCOC2)ccn1. The summed E-state index contributed by atoms with van der Waals surface area (Å²) in [6.45, 7) is 1.67. The summed E-state index contributed by atoms with van der Waals surface area (Å²) in [5, 5.41) is 6.42. The first-order valence-electron chi connectivity index (χ1n) is 4.86. The first-order valence-corrected chi connectivity index (χ1v) is 4.86. The molecule has 4 heteroatoms. The van der Waals surface area contributed by atoms with Crippen molar-refractivity contribution in [1.29, 1.82) is 0 Å². The van der Waals surface area contributed by atoms with Gasteiger partial charge in [0.05, 0.1) is 12.6 Å². The Kier molecular flexibility index (Phi) is 2.84. The minimum absolute atomic E-state index is 0.446. The second kappa shape index (κ2) is 4.28. The molecule has 1 atom stereocenters. The number of hydrogen-bond acceptors (Lipinski definition) is 4. The average molecular weight is 193 g/mol. The molecule has 1 saturated heterocycles. The summed E-state index contributed by atoms with van der Waals surface area (Å²) in [4.78, 5) is 4.15. The molecule has 1 aliphatic heterocycles. The van der Waals surface area contributed by atoms with Crippen LogP contribution in [0.15, 0.2) is 18.3 Å². The second-order valence-electron chi connectivity index (χ2n) is 3.38. The van der Waals surface area contributed by atoms with Crippen molar-refractivity contribution in [3.05, 3.63) is 18.3 Å². The summed E-state index contributed by atoms with van der Waals surface area (Å²) in [6, 6.07) is 4.42. The molecular formula is C10H15N3O. The number of anilines is 2. The van der Waals surface area contributed by atoms with Crippen LogP contribution in [-0.2, 0) is 4.74 Å². The lowest BCUT2D eigenvalue weighted by molar-refractivity contribution is 0.195. The third kappa shape index (κ3) is 2.14. The van der Waals surface area contributed by atoms with E-state index in [0.29, 0.717) is 6.04 Å². The van der Waals surface area contributed by atoms with Crippen molar-refractivity contribution in [2.24, 2.45) is 0 Å². The summed E-state index contributed by atoms with van der Waals surface area (Å²) in [5.74, 6) is 0.883. The zero-order valence-corrected chi connectivity index (χ0v) is 8.29. The summed E-state index contributed by atoms with van der Waals surface area (Å²) in [6.07, 6.45) is 2.88. The smallest absolute Gasteiger partial charge is 0.127 e. The molecule has 0 saturated carbocycles. The van der Waals surface area contributed by atoms with Gasteiger partial charge in [-0.25, -0.2) is 4.98 Å². The molecule has 2 rings (SSSR count). The highest BCUT2D eigenvalue weighted by molar-refractivity contribution is 5.52. The molecule has 1 aromatic rings. The lowest BCUT2D eigenvalue weighted by Gasteiger charge is -2.12. The van der Waals surface area contributed by atoms with E-state index in [1.54, 1.807) is 6.20 Å². The number of pyridine rings is 1. The Labute approximate surface area is 83.7 Å². The number of ether oxygens (including phenoxy) is 1. The van der Waals surface area contributed by atoms with Gasteiger partial charge in [-0.15, -0.1) is 0 Å². The summed E-state index contributed by atoms with van der Waals surface area (Å²) in [7, 11) is 1.87. The van der Waals surface area contributed by atoms with E-state index in [2.05, 4.69) is 15.6 Å². The lowest BCUT2D eigenvalue weighted by Crippen LogP contribution is -2.18. The van der Waals surface area contributed by atoms with Crippen LogP contribution in [0.3, 0.4) is 0 Å². The third-order valence-corrected chi connectivity index (χ3v) is 2.32. The molecule has 0 amide bonds. The van der Waals surface area contributed by atoms with E-state index in [1.165, 1.54) is 0 Å². The lowest BCUT2D eigenvalue weighted by atomic mass is 10.2. The Morgan fingerprint density at radius 2 is 2.50 bits per heavy atom. The largest absolute Gasteiger partial charge is 0.380 e. The van der Waals surface area contributed by atoms with E-state index in [9.17, 15) is 0 Å². The quantitative estimate of drug-likeness (QED) is 0.760.